The molecule has 130 valence electrons. The normalized spacial score (nSPS) is 35.0. The predicted octanol–water partition coefficient (Wildman–Crippen LogP) is 2.42. The Morgan fingerprint density at radius 1 is 1.17 bits per heavy atom. The molecule has 0 unspecified atom stereocenters. The number of piperidine rings is 3. The minimum atomic E-state index is -0.0911. The molecule has 4 heterocycles. The first kappa shape index (κ1) is 16.1. The van der Waals surface area contributed by atoms with E-state index in [0.29, 0.717) is 24.4 Å². The number of methoxy groups -OCH3 is 1. The third-order valence-corrected chi connectivity index (χ3v) is 6.43. The Balaban J connectivity index is 1.58. The Bertz CT molecular complexity index is 592. The van der Waals surface area contributed by atoms with Crippen LogP contribution in [0.1, 0.15) is 36.3 Å². The lowest BCUT2D eigenvalue weighted by atomic mass is 9.75. The fourth-order valence-corrected chi connectivity index (χ4v) is 5.24. The zero-order valence-corrected chi connectivity index (χ0v) is 14.8. The number of carbonyl (C=O) groups excluding carboxylic acids is 1. The maximum absolute atomic E-state index is 11.6. The highest BCUT2D eigenvalue weighted by atomic mass is 16.5. The Labute approximate surface area is 144 Å². The highest BCUT2D eigenvalue weighted by Crippen LogP contribution is 2.46. The minimum absolute atomic E-state index is 0.0911. The number of nitrogens with zero attached hydrogens (tertiary/aromatic N) is 2. The fourth-order valence-electron chi connectivity index (χ4n) is 5.24. The summed E-state index contributed by atoms with van der Waals surface area (Å²) in [7, 11) is 1.48. The molecule has 4 heteroatoms. The van der Waals surface area contributed by atoms with E-state index in [0.717, 1.165) is 19.0 Å². The number of fused-ring (bicyclic) bond motifs is 2. The number of aryl methyl sites for hydroxylation is 1. The van der Waals surface area contributed by atoms with Crippen LogP contribution in [-0.2, 0) is 9.53 Å². The number of esters is 1. The lowest BCUT2D eigenvalue weighted by molar-refractivity contribution is -0.141. The fraction of sp³-hybridized carbons (Fsp3) is 0.650. The molecule has 4 fully saturated rings. The molecule has 0 N–H and O–H groups in total. The largest absolute Gasteiger partial charge is 0.469 e. The van der Waals surface area contributed by atoms with Crippen molar-refractivity contribution in [1.29, 1.82) is 0 Å². The van der Waals surface area contributed by atoms with Crippen LogP contribution in [0.4, 0.5) is 0 Å². The van der Waals surface area contributed by atoms with Crippen LogP contribution >= 0.6 is 0 Å². The SMILES string of the molecule is COC(=O)CCN1C[C@@H](c2ccc(C)cc2)[C@@H]2[C@H]1C1CCN2CC1. The molecule has 0 aliphatic carbocycles. The van der Waals surface area contributed by atoms with Crippen molar-refractivity contribution in [2.75, 3.05) is 33.3 Å². The quantitative estimate of drug-likeness (QED) is 0.795. The molecule has 0 spiro atoms. The van der Waals surface area contributed by atoms with Gasteiger partial charge in [0, 0.05) is 31.1 Å². The molecule has 4 aliphatic heterocycles. The highest BCUT2D eigenvalue weighted by Gasteiger charge is 2.52. The van der Waals surface area contributed by atoms with Crippen molar-refractivity contribution in [3.63, 3.8) is 0 Å². The Hall–Kier alpha value is -1.39. The van der Waals surface area contributed by atoms with E-state index in [1.807, 2.05) is 0 Å². The number of carbonyl (C=O) groups is 1. The number of benzene rings is 1. The molecule has 1 aromatic carbocycles. The molecule has 4 saturated heterocycles. The molecule has 0 saturated carbocycles. The molecular formula is C20H28N2O2. The third kappa shape index (κ3) is 2.76. The van der Waals surface area contributed by atoms with Crippen LogP contribution < -0.4 is 0 Å². The van der Waals surface area contributed by atoms with Crippen molar-refractivity contribution in [2.24, 2.45) is 5.92 Å². The van der Waals surface area contributed by atoms with Gasteiger partial charge in [0.15, 0.2) is 0 Å². The molecular weight excluding hydrogens is 300 g/mol. The monoisotopic (exact) mass is 328 g/mol. The van der Waals surface area contributed by atoms with E-state index in [1.54, 1.807) is 0 Å². The first-order chi connectivity index (χ1) is 11.7. The maximum Gasteiger partial charge on any atom is 0.306 e. The maximum atomic E-state index is 11.6. The third-order valence-electron chi connectivity index (χ3n) is 6.43. The standard InChI is InChI=1S/C20H28N2O2/c1-14-3-5-15(6-4-14)17-13-22(12-9-18(23)24-2)19-16-7-10-21(11-8-16)20(17)19/h3-6,16-17,19-20H,7-13H2,1-2H3/t17-,19+,20+/m0/s1. The average Bonchev–Trinajstić information content (AvgIpc) is 3.03. The summed E-state index contributed by atoms with van der Waals surface area (Å²) in [6.07, 6.45) is 3.14. The van der Waals surface area contributed by atoms with Crippen molar-refractivity contribution >= 4 is 5.97 Å². The Morgan fingerprint density at radius 3 is 2.54 bits per heavy atom. The number of hydrogen-bond donors (Lipinski definition) is 0. The van der Waals surface area contributed by atoms with E-state index in [-0.39, 0.29) is 5.97 Å². The summed E-state index contributed by atoms with van der Waals surface area (Å²) in [5.41, 5.74) is 2.78. The second-order valence-electron chi connectivity index (χ2n) is 7.69. The van der Waals surface area contributed by atoms with Crippen LogP contribution in [0.2, 0.25) is 0 Å². The van der Waals surface area contributed by atoms with Crippen LogP contribution in [0.25, 0.3) is 0 Å². The molecule has 2 bridgehead atoms. The molecule has 24 heavy (non-hydrogen) atoms. The highest BCUT2D eigenvalue weighted by molar-refractivity contribution is 5.69. The second kappa shape index (κ2) is 6.49. The summed E-state index contributed by atoms with van der Waals surface area (Å²) < 4.78 is 4.86. The number of hydrogen-bond acceptors (Lipinski definition) is 4. The molecule has 3 atom stereocenters. The lowest BCUT2D eigenvalue weighted by Gasteiger charge is -2.51. The van der Waals surface area contributed by atoms with Gasteiger partial charge >= 0.3 is 5.97 Å². The summed E-state index contributed by atoms with van der Waals surface area (Å²) in [5.74, 6) is 1.27. The summed E-state index contributed by atoms with van der Waals surface area (Å²) in [6, 6.07) is 10.3. The number of rotatable bonds is 4. The van der Waals surface area contributed by atoms with Crippen molar-refractivity contribution < 1.29 is 9.53 Å². The van der Waals surface area contributed by atoms with Gasteiger partial charge in [-0.15, -0.1) is 0 Å². The van der Waals surface area contributed by atoms with Crippen LogP contribution in [0.5, 0.6) is 0 Å². The van der Waals surface area contributed by atoms with Crippen molar-refractivity contribution in [1.82, 2.24) is 9.80 Å². The molecule has 0 aromatic heterocycles. The summed E-state index contributed by atoms with van der Waals surface area (Å²) >= 11 is 0. The topological polar surface area (TPSA) is 32.8 Å². The first-order valence-electron chi connectivity index (χ1n) is 9.29. The molecule has 4 aliphatic rings. The van der Waals surface area contributed by atoms with Crippen molar-refractivity contribution in [3.05, 3.63) is 35.4 Å². The minimum Gasteiger partial charge on any atom is -0.469 e. The average molecular weight is 328 g/mol. The predicted molar refractivity (Wildman–Crippen MR) is 94.0 cm³/mol. The molecule has 4 nitrogen and oxygen atoms in total. The van der Waals surface area contributed by atoms with Gasteiger partial charge in [-0.1, -0.05) is 29.8 Å². The Morgan fingerprint density at radius 2 is 1.88 bits per heavy atom. The van der Waals surface area contributed by atoms with E-state index in [1.165, 1.54) is 44.2 Å². The van der Waals surface area contributed by atoms with Crippen LogP contribution in [-0.4, -0.2) is 61.1 Å². The molecule has 1 aromatic rings. The van der Waals surface area contributed by atoms with E-state index in [2.05, 4.69) is 41.0 Å². The van der Waals surface area contributed by atoms with E-state index in [9.17, 15) is 4.79 Å². The van der Waals surface area contributed by atoms with E-state index in [4.69, 9.17) is 4.74 Å². The van der Waals surface area contributed by atoms with Crippen LogP contribution in [0.15, 0.2) is 24.3 Å². The van der Waals surface area contributed by atoms with Gasteiger partial charge in [-0.25, -0.2) is 0 Å². The van der Waals surface area contributed by atoms with Crippen molar-refractivity contribution in [2.45, 2.75) is 44.2 Å². The van der Waals surface area contributed by atoms with Crippen LogP contribution in [0.3, 0.4) is 0 Å². The zero-order valence-electron chi connectivity index (χ0n) is 14.8. The summed E-state index contributed by atoms with van der Waals surface area (Å²) in [5, 5.41) is 0. The number of likely N-dealkylation sites (tertiary alicyclic amines) is 1. The van der Waals surface area contributed by atoms with Gasteiger partial charge in [-0.3, -0.25) is 14.6 Å². The Kier molecular flexibility index (Phi) is 4.35. The van der Waals surface area contributed by atoms with E-state index < -0.39 is 0 Å². The van der Waals surface area contributed by atoms with Gasteiger partial charge in [0.25, 0.3) is 0 Å². The van der Waals surface area contributed by atoms with Gasteiger partial charge in [0.05, 0.1) is 13.5 Å². The van der Waals surface area contributed by atoms with Crippen LogP contribution in [0, 0.1) is 12.8 Å². The molecule has 5 rings (SSSR count). The van der Waals surface area contributed by atoms with Gasteiger partial charge in [0.1, 0.15) is 0 Å². The first-order valence-corrected chi connectivity index (χ1v) is 9.29. The van der Waals surface area contributed by atoms with Gasteiger partial charge in [0.2, 0.25) is 0 Å². The zero-order chi connectivity index (χ0) is 16.7. The molecule has 0 radical (unpaired) electrons. The molecule has 0 amide bonds. The summed E-state index contributed by atoms with van der Waals surface area (Å²) in [4.78, 5) is 16.9. The van der Waals surface area contributed by atoms with E-state index >= 15 is 0 Å². The smallest absolute Gasteiger partial charge is 0.306 e. The van der Waals surface area contributed by atoms with Gasteiger partial charge in [-0.05, 0) is 44.3 Å². The lowest BCUT2D eigenvalue weighted by Crippen LogP contribution is -2.60. The number of ether oxygens (including phenoxy) is 1. The van der Waals surface area contributed by atoms with Gasteiger partial charge < -0.3 is 4.74 Å². The van der Waals surface area contributed by atoms with Crippen molar-refractivity contribution in [3.8, 4) is 0 Å². The summed E-state index contributed by atoms with van der Waals surface area (Å²) in [6.45, 7) is 6.55. The van der Waals surface area contributed by atoms with Gasteiger partial charge in [-0.2, -0.15) is 0 Å². The second-order valence-corrected chi connectivity index (χ2v) is 7.69.